The summed E-state index contributed by atoms with van der Waals surface area (Å²) >= 11 is 0. The van der Waals surface area contributed by atoms with Gasteiger partial charge in [0.15, 0.2) is 0 Å². The summed E-state index contributed by atoms with van der Waals surface area (Å²) in [5, 5.41) is 0. The maximum Gasteiger partial charge on any atom is 0.136 e. The average molecular weight is 248 g/mol. The average Bonchev–Trinajstić information content (AvgIpc) is 2.36. The van der Waals surface area contributed by atoms with Crippen molar-refractivity contribution in [1.29, 1.82) is 0 Å². The van der Waals surface area contributed by atoms with Crippen LogP contribution in [0.5, 0.6) is 0 Å². The van der Waals surface area contributed by atoms with Crippen LogP contribution in [0.15, 0.2) is 24.3 Å². The third-order valence-corrected chi connectivity index (χ3v) is 3.96. The van der Waals surface area contributed by atoms with Crippen molar-refractivity contribution in [2.24, 2.45) is 11.8 Å². The second kappa shape index (κ2) is 6.12. The van der Waals surface area contributed by atoms with Gasteiger partial charge in [-0.1, -0.05) is 31.9 Å². The number of ketones is 1. The molecule has 0 radical (unpaired) electrons. The van der Waals surface area contributed by atoms with Gasteiger partial charge >= 0.3 is 0 Å². The first-order valence-electron chi connectivity index (χ1n) is 6.96. The van der Waals surface area contributed by atoms with E-state index in [9.17, 15) is 9.18 Å². The molecule has 0 heterocycles. The standard InChI is InChI=1S/C16H21FO/c1-2-3-12-6-9-16(18)14(10-12)11-13-4-7-15(17)8-5-13/h4-5,7-8,12,14H,2-3,6,9-11H2,1H3. The number of Topliss-reactive ketones (excluding diaryl/α,β-unsaturated/α-hetero) is 1. The molecule has 0 amide bonds. The second-order valence-corrected chi connectivity index (χ2v) is 5.42. The lowest BCUT2D eigenvalue weighted by Crippen LogP contribution is -2.26. The zero-order valence-electron chi connectivity index (χ0n) is 11.0. The van der Waals surface area contributed by atoms with Gasteiger partial charge in [-0.25, -0.2) is 4.39 Å². The van der Waals surface area contributed by atoms with Crippen molar-refractivity contribution < 1.29 is 9.18 Å². The topological polar surface area (TPSA) is 17.1 Å². The number of halogens is 1. The smallest absolute Gasteiger partial charge is 0.136 e. The summed E-state index contributed by atoms with van der Waals surface area (Å²) in [5.74, 6) is 1.04. The van der Waals surface area contributed by atoms with E-state index in [0.29, 0.717) is 11.7 Å². The van der Waals surface area contributed by atoms with Crippen LogP contribution in [-0.4, -0.2) is 5.78 Å². The van der Waals surface area contributed by atoms with E-state index in [1.54, 1.807) is 12.1 Å². The summed E-state index contributed by atoms with van der Waals surface area (Å²) in [4.78, 5) is 11.9. The zero-order valence-corrected chi connectivity index (χ0v) is 11.0. The van der Waals surface area contributed by atoms with Gasteiger partial charge in [0, 0.05) is 12.3 Å². The molecule has 0 saturated heterocycles. The summed E-state index contributed by atoms with van der Waals surface area (Å²) in [6.07, 6.45) is 6.02. The molecule has 1 aromatic carbocycles. The van der Waals surface area contributed by atoms with Crippen molar-refractivity contribution in [3.8, 4) is 0 Å². The lowest BCUT2D eigenvalue weighted by Gasteiger charge is -2.28. The van der Waals surface area contributed by atoms with E-state index in [1.807, 2.05) is 0 Å². The number of hydrogen-bond acceptors (Lipinski definition) is 1. The summed E-state index contributed by atoms with van der Waals surface area (Å²) in [6.45, 7) is 2.20. The molecule has 0 spiro atoms. The molecule has 1 aromatic rings. The molecular formula is C16H21FO. The molecule has 0 aromatic heterocycles. The molecule has 1 aliphatic carbocycles. The predicted octanol–water partition coefficient (Wildman–Crippen LogP) is 4.15. The molecule has 0 N–H and O–H groups in total. The Morgan fingerprint density at radius 1 is 1.28 bits per heavy atom. The molecule has 2 heteroatoms. The Labute approximate surface area is 108 Å². The SMILES string of the molecule is CCCC1CCC(=O)C(Cc2ccc(F)cc2)C1. The number of hydrogen-bond donors (Lipinski definition) is 0. The van der Waals surface area contributed by atoms with E-state index in [0.717, 1.165) is 31.2 Å². The molecule has 0 aliphatic heterocycles. The van der Waals surface area contributed by atoms with Crippen LogP contribution < -0.4 is 0 Å². The molecule has 2 atom stereocenters. The second-order valence-electron chi connectivity index (χ2n) is 5.42. The summed E-state index contributed by atoms with van der Waals surface area (Å²) in [6, 6.07) is 6.55. The Hall–Kier alpha value is -1.18. The number of carbonyl (C=O) groups is 1. The van der Waals surface area contributed by atoms with Crippen LogP contribution in [0, 0.1) is 17.7 Å². The van der Waals surface area contributed by atoms with Crippen LogP contribution in [0.4, 0.5) is 4.39 Å². The molecule has 1 aliphatic rings. The minimum Gasteiger partial charge on any atom is -0.299 e. The van der Waals surface area contributed by atoms with Crippen LogP contribution in [0.1, 0.15) is 44.6 Å². The maximum atomic E-state index is 12.8. The molecule has 0 bridgehead atoms. The highest BCUT2D eigenvalue weighted by Gasteiger charge is 2.28. The van der Waals surface area contributed by atoms with Crippen molar-refractivity contribution >= 4 is 5.78 Å². The molecule has 1 saturated carbocycles. The van der Waals surface area contributed by atoms with E-state index >= 15 is 0 Å². The zero-order chi connectivity index (χ0) is 13.0. The molecule has 98 valence electrons. The van der Waals surface area contributed by atoms with Crippen molar-refractivity contribution in [1.82, 2.24) is 0 Å². The quantitative estimate of drug-likeness (QED) is 0.782. The van der Waals surface area contributed by atoms with E-state index in [1.165, 1.54) is 25.0 Å². The third-order valence-electron chi connectivity index (χ3n) is 3.96. The fourth-order valence-corrected chi connectivity index (χ4v) is 2.97. The molecule has 1 fully saturated rings. The van der Waals surface area contributed by atoms with Gasteiger partial charge in [-0.05, 0) is 42.9 Å². The van der Waals surface area contributed by atoms with Crippen molar-refractivity contribution in [3.63, 3.8) is 0 Å². The van der Waals surface area contributed by atoms with Gasteiger partial charge in [0.05, 0.1) is 0 Å². The highest BCUT2D eigenvalue weighted by Crippen LogP contribution is 2.31. The normalized spacial score (nSPS) is 24.2. The van der Waals surface area contributed by atoms with Gasteiger partial charge in [0.1, 0.15) is 11.6 Å². The fourth-order valence-electron chi connectivity index (χ4n) is 2.97. The monoisotopic (exact) mass is 248 g/mol. The Kier molecular flexibility index (Phi) is 4.51. The molecule has 2 unspecified atom stereocenters. The van der Waals surface area contributed by atoms with Gasteiger partial charge in [0.25, 0.3) is 0 Å². The Balaban J connectivity index is 1.98. The summed E-state index contributed by atoms with van der Waals surface area (Å²) < 4.78 is 12.8. The lowest BCUT2D eigenvalue weighted by molar-refractivity contribution is -0.125. The minimum absolute atomic E-state index is 0.153. The van der Waals surface area contributed by atoms with Crippen LogP contribution in [0.2, 0.25) is 0 Å². The summed E-state index contributed by atoms with van der Waals surface area (Å²) in [5.41, 5.74) is 1.08. The predicted molar refractivity (Wildman–Crippen MR) is 70.9 cm³/mol. The molecule has 2 rings (SSSR count). The van der Waals surface area contributed by atoms with Crippen LogP contribution >= 0.6 is 0 Å². The molecule has 18 heavy (non-hydrogen) atoms. The molecule has 1 nitrogen and oxygen atoms in total. The molecular weight excluding hydrogens is 227 g/mol. The van der Waals surface area contributed by atoms with Crippen molar-refractivity contribution in [2.45, 2.75) is 45.4 Å². The van der Waals surface area contributed by atoms with Crippen LogP contribution in [0.3, 0.4) is 0 Å². The lowest BCUT2D eigenvalue weighted by atomic mass is 9.76. The van der Waals surface area contributed by atoms with Crippen LogP contribution in [-0.2, 0) is 11.2 Å². The van der Waals surface area contributed by atoms with Gasteiger partial charge in [-0.2, -0.15) is 0 Å². The van der Waals surface area contributed by atoms with E-state index in [-0.39, 0.29) is 11.7 Å². The van der Waals surface area contributed by atoms with Crippen molar-refractivity contribution in [3.05, 3.63) is 35.6 Å². The highest BCUT2D eigenvalue weighted by molar-refractivity contribution is 5.82. The van der Waals surface area contributed by atoms with Crippen LogP contribution in [0.25, 0.3) is 0 Å². The first-order chi connectivity index (χ1) is 8.69. The van der Waals surface area contributed by atoms with E-state index < -0.39 is 0 Å². The first-order valence-corrected chi connectivity index (χ1v) is 6.96. The minimum atomic E-state index is -0.211. The van der Waals surface area contributed by atoms with Gasteiger partial charge in [-0.3, -0.25) is 4.79 Å². The fraction of sp³-hybridized carbons (Fsp3) is 0.562. The van der Waals surface area contributed by atoms with Gasteiger partial charge < -0.3 is 0 Å². The van der Waals surface area contributed by atoms with Crippen molar-refractivity contribution in [2.75, 3.05) is 0 Å². The Morgan fingerprint density at radius 3 is 2.67 bits per heavy atom. The van der Waals surface area contributed by atoms with E-state index in [4.69, 9.17) is 0 Å². The number of benzene rings is 1. The number of rotatable bonds is 4. The largest absolute Gasteiger partial charge is 0.299 e. The third kappa shape index (κ3) is 3.41. The summed E-state index contributed by atoms with van der Waals surface area (Å²) in [7, 11) is 0. The highest BCUT2D eigenvalue weighted by atomic mass is 19.1. The van der Waals surface area contributed by atoms with E-state index in [2.05, 4.69) is 6.92 Å². The Bertz CT molecular complexity index is 396. The number of carbonyl (C=O) groups excluding carboxylic acids is 1. The van der Waals surface area contributed by atoms with Gasteiger partial charge in [-0.15, -0.1) is 0 Å². The van der Waals surface area contributed by atoms with Gasteiger partial charge in [0.2, 0.25) is 0 Å². The maximum absolute atomic E-state index is 12.8. The first kappa shape index (κ1) is 13.3. The Morgan fingerprint density at radius 2 is 2.00 bits per heavy atom.